The van der Waals surface area contributed by atoms with Crippen molar-refractivity contribution in [1.29, 1.82) is 0 Å². The first-order valence-electron chi connectivity index (χ1n) is 10.0. The molecule has 0 aromatic heterocycles. The van der Waals surface area contributed by atoms with E-state index in [0.717, 1.165) is 12.0 Å². The van der Waals surface area contributed by atoms with E-state index < -0.39 is 0 Å². The predicted octanol–water partition coefficient (Wildman–Crippen LogP) is 6.84. The third kappa shape index (κ3) is 4.00. The lowest BCUT2D eigenvalue weighted by molar-refractivity contribution is -0.150. The molecule has 1 atom stereocenters. The zero-order valence-electron chi connectivity index (χ0n) is 16.3. The molecule has 2 aromatic rings. The van der Waals surface area contributed by atoms with Gasteiger partial charge in [0.1, 0.15) is 6.10 Å². The van der Waals surface area contributed by atoms with Crippen molar-refractivity contribution in [2.75, 3.05) is 0 Å². The zero-order chi connectivity index (χ0) is 18.5. The maximum atomic E-state index is 12.2. The Morgan fingerprint density at radius 1 is 1.04 bits per heavy atom. The van der Waals surface area contributed by atoms with Gasteiger partial charge in [-0.2, -0.15) is 0 Å². The summed E-state index contributed by atoms with van der Waals surface area (Å²) in [7, 11) is 0. The molecule has 138 valence electrons. The van der Waals surface area contributed by atoms with Gasteiger partial charge >= 0.3 is 5.97 Å². The summed E-state index contributed by atoms with van der Waals surface area (Å²) >= 11 is 0. The van der Waals surface area contributed by atoms with E-state index in [2.05, 4.69) is 49.4 Å². The maximum Gasteiger partial charge on any atom is 0.309 e. The van der Waals surface area contributed by atoms with Gasteiger partial charge in [-0.25, -0.2) is 0 Å². The summed E-state index contributed by atoms with van der Waals surface area (Å²) in [5.41, 5.74) is 3.75. The van der Waals surface area contributed by atoms with Gasteiger partial charge in [0, 0.05) is 5.56 Å². The fourth-order valence-corrected chi connectivity index (χ4v) is 3.73. The molecule has 0 bridgehead atoms. The summed E-state index contributed by atoms with van der Waals surface area (Å²) in [5.74, 6) is -0.248. The molecule has 0 amide bonds. The molecule has 2 heteroatoms. The molecule has 0 aliphatic heterocycles. The Balaban J connectivity index is 1.90. The van der Waals surface area contributed by atoms with E-state index in [-0.39, 0.29) is 18.0 Å². The molecular weight excluding hydrogens is 320 g/mol. The van der Waals surface area contributed by atoms with Crippen molar-refractivity contribution >= 4 is 22.3 Å². The van der Waals surface area contributed by atoms with Crippen molar-refractivity contribution in [3.8, 4) is 0 Å². The van der Waals surface area contributed by atoms with E-state index in [1.807, 2.05) is 13.8 Å². The second-order valence-corrected chi connectivity index (χ2v) is 7.62. The Labute approximate surface area is 157 Å². The average molecular weight is 351 g/mol. The minimum Gasteiger partial charge on any atom is -0.453 e. The number of hydrogen-bond donors (Lipinski definition) is 0. The Morgan fingerprint density at radius 3 is 2.50 bits per heavy atom. The Kier molecular flexibility index (Phi) is 6.13. The van der Waals surface area contributed by atoms with Crippen molar-refractivity contribution in [2.24, 2.45) is 5.92 Å². The first-order chi connectivity index (χ1) is 12.6. The number of esters is 1. The fourth-order valence-electron chi connectivity index (χ4n) is 3.73. The first kappa shape index (κ1) is 18.7. The van der Waals surface area contributed by atoms with Crippen molar-refractivity contribution < 1.29 is 9.53 Å². The van der Waals surface area contributed by atoms with E-state index >= 15 is 0 Å². The second-order valence-electron chi connectivity index (χ2n) is 7.62. The molecule has 0 radical (unpaired) electrons. The van der Waals surface area contributed by atoms with Crippen molar-refractivity contribution in [3.63, 3.8) is 0 Å². The van der Waals surface area contributed by atoms with E-state index in [9.17, 15) is 4.79 Å². The number of benzene rings is 2. The third-order valence-corrected chi connectivity index (χ3v) is 5.21. The van der Waals surface area contributed by atoms with Gasteiger partial charge < -0.3 is 4.74 Å². The summed E-state index contributed by atoms with van der Waals surface area (Å²) in [5, 5.41) is 2.48. The molecule has 0 N–H and O–H groups in total. The molecule has 0 spiro atoms. The minimum atomic E-state index is -0.269. The van der Waals surface area contributed by atoms with Crippen LogP contribution in [0.4, 0.5) is 0 Å². The lowest BCUT2D eigenvalue weighted by atomic mass is 9.84. The molecule has 0 saturated carbocycles. The summed E-state index contributed by atoms with van der Waals surface area (Å²) in [4.78, 5) is 12.2. The molecule has 3 rings (SSSR count). The average Bonchev–Trinajstić information content (AvgIpc) is 2.64. The van der Waals surface area contributed by atoms with Gasteiger partial charge in [-0.15, -0.1) is 0 Å². The monoisotopic (exact) mass is 350 g/mol. The van der Waals surface area contributed by atoms with E-state index in [1.54, 1.807) is 0 Å². The van der Waals surface area contributed by atoms with Crippen LogP contribution in [0.15, 0.2) is 42.5 Å². The van der Waals surface area contributed by atoms with Crippen LogP contribution >= 0.6 is 0 Å². The van der Waals surface area contributed by atoms with E-state index in [4.69, 9.17) is 4.74 Å². The van der Waals surface area contributed by atoms with Crippen molar-refractivity contribution in [1.82, 2.24) is 0 Å². The molecule has 0 fully saturated rings. The van der Waals surface area contributed by atoms with Crippen LogP contribution in [0.5, 0.6) is 0 Å². The summed E-state index contributed by atoms with van der Waals surface area (Å²) in [6, 6.07) is 12.8. The van der Waals surface area contributed by atoms with Gasteiger partial charge in [-0.3, -0.25) is 4.79 Å². The van der Waals surface area contributed by atoms with Crippen LogP contribution in [0.25, 0.3) is 16.3 Å². The number of allylic oxidation sites excluding steroid dienone is 1. The normalized spacial score (nSPS) is 16.0. The molecule has 0 heterocycles. The van der Waals surface area contributed by atoms with E-state index in [0.29, 0.717) is 0 Å². The Morgan fingerprint density at radius 2 is 1.77 bits per heavy atom. The number of hydrogen-bond acceptors (Lipinski definition) is 2. The van der Waals surface area contributed by atoms with Crippen LogP contribution in [0, 0.1) is 5.92 Å². The molecule has 26 heavy (non-hydrogen) atoms. The minimum absolute atomic E-state index is 0.114. The predicted molar refractivity (Wildman–Crippen MR) is 109 cm³/mol. The standard InChI is InChI=1S/C24H30O2/c1-4-5-6-7-8-11-19-16-22(26-24(25)17(2)3)21-15-10-13-18-12-9-14-20(19)23(18)21/h9-10,12-17,22H,4-8,11H2,1-3H3. The summed E-state index contributed by atoms with van der Waals surface area (Å²) in [6.45, 7) is 6.02. The quantitative estimate of drug-likeness (QED) is 0.385. The number of carbonyl (C=O) groups excluding carboxylic acids is 1. The number of ether oxygens (including phenoxy) is 1. The molecule has 1 aliphatic carbocycles. The van der Waals surface area contributed by atoms with Crippen LogP contribution in [-0.2, 0) is 9.53 Å². The third-order valence-electron chi connectivity index (χ3n) is 5.21. The fraction of sp³-hybridized carbons (Fsp3) is 0.458. The highest BCUT2D eigenvalue weighted by atomic mass is 16.5. The van der Waals surface area contributed by atoms with Gasteiger partial charge in [0.2, 0.25) is 0 Å². The van der Waals surface area contributed by atoms with Crippen LogP contribution in [0.3, 0.4) is 0 Å². The molecule has 1 aliphatic rings. The van der Waals surface area contributed by atoms with Gasteiger partial charge in [-0.05, 0) is 40.8 Å². The lowest BCUT2D eigenvalue weighted by Crippen LogP contribution is -2.17. The molecule has 0 saturated heterocycles. The van der Waals surface area contributed by atoms with Gasteiger partial charge in [0.25, 0.3) is 0 Å². The second kappa shape index (κ2) is 8.53. The Bertz CT molecular complexity index is 796. The van der Waals surface area contributed by atoms with Crippen LogP contribution < -0.4 is 0 Å². The Hall–Kier alpha value is -2.09. The van der Waals surface area contributed by atoms with Gasteiger partial charge in [0.05, 0.1) is 5.92 Å². The number of unbranched alkanes of at least 4 members (excludes halogenated alkanes) is 4. The lowest BCUT2D eigenvalue weighted by Gasteiger charge is -2.26. The highest BCUT2D eigenvalue weighted by Gasteiger charge is 2.25. The number of rotatable bonds is 8. The highest BCUT2D eigenvalue weighted by Crippen LogP contribution is 2.41. The first-order valence-corrected chi connectivity index (χ1v) is 10.0. The topological polar surface area (TPSA) is 26.3 Å². The van der Waals surface area contributed by atoms with E-state index in [1.165, 1.54) is 54.0 Å². The molecular formula is C24H30O2. The summed E-state index contributed by atoms with van der Waals surface area (Å²) < 4.78 is 5.86. The SMILES string of the molecule is CCCCCCCC1=CC(OC(=O)C(C)C)c2cccc3cccc1c23. The molecule has 2 nitrogen and oxygen atoms in total. The van der Waals surface area contributed by atoms with Crippen molar-refractivity contribution in [2.45, 2.75) is 65.4 Å². The highest BCUT2D eigenvalue weighted by molar-refractivity contribution is 5.98. The van der Waals surface area contributed by atoms with Gasteiger partial charge in [-0.1, -0.05) is 82.9 Å². The summed E-state index contributed by atoms with van der Waals surface area (Å²) in [6.07, 6.45) is 9.29. The zero-order valence-corrected chi connectivity index (χ0v) is 16.3. The smallest absolute Gasteiger partial charge is 0.309 e. The van der Waals surface area contributed by atoms with Crippen LogP contribution in [0.1, 0.15) is 76.5 Å². The van der Waals surface area contributed by atoms with Crippen LogP contribution in [-0.4, -0.2) is 5.97 Å². The van der Waals surface area contributed by atoms with Gasteiger partial charge in [0.15, 0.2) is 0 Å². The van der Waals surface area contributed by atoms with Crippen molar-refractivity contribution in [3.05, 3.63) is 53.6 Å². The maximum absolute atomic E-state index is 12.2. The molecule has 2 aromatic carbocycles. The largest absolute Gasteiger partial charge is 0.453 e. The van der Waals surface area contributed by atoms with Crippen LogP contribution in [0.2, 0.25) is 0 Å². The molecule has 1 unspecified atom stereocenters. The number of carbonyl (C=O) groups is 1.